The molecule has 0 saturated carbocycles. The molecule has 4 nitrogen and oxygen atoms in total. The van der Waals surface area contributed by atoms with Crippen LogP contribution in [-0.4, -0.2) is 24.2 Å². The van der Waals surface area contributed by atoms with Gasteiger partial charge < -0.3 is 14.2 Å². The molecule has 0 amide bonds. The number of likely N-dealkylation sites (N-methyl/N-ethyl adjacent to an activating group) is 1. The van der Waals surface area contributed by atoms with Crippen molar-refractivity contribution in [3.8, 4) is 5.69 Å². The van der Waals surface area contributed by atoms with Crippen molar-refractivity contribution >= 4 is 45.0 Å². The molecule has 2 aliphatic rings. The van der Waals surface area contributed by atoms with Crippen molar-refractivity contribution in [2.24, 2.45) is 5.92 Å². The topological polar surface area (TPSA) is 24.6 Å². The molecule has 4 heteroatoms. The molecule has 0 N–H and O–H groups in total. The van der Waals surface area contributed by atoms with Crippen LogP contribution in [0, 0.1) is 5.92 Å². The number of furan rings is 1. The lowest BCUT2D eigenvalue weighted by Gasteiger charge is -2.30. The van der Waals surface area contributed by atoms with E-state index in [0.717, 1.165) is 82.9 Å². The van der Waals surface area contributed by atoms with Gasteiger partial charge in [0, 0.05) is 64.5 Å². The fraction of sp³-hybridized carbons (Fsp3) is 0.228. The minimum Gasteiger partial charge on any atom is -0.460 e. The molecule has 6 aromatic rings. The van der Waals surface area contributed by atoms with Crippen LogP contribution in [0.15, 0.2) is 187 Å². The summed E-state index contributed by atoms with van der Waals surface area (Å²) in [5, 5.41) is 2.29. The molecule has 2 aromatic heterocycles. The number of hydrogen-bond donors (Lipinski definition) is 0. The molecule has 4 aromatic carbocycles. The van der Waals surface area contributed by atoms with Gasteiger partial charge in [0.25, 0.3) is 0 Å². The predicted molar refractivity (Wildman–Crippen MR) is 263 cm³/mol. The van der Waals surface area contributed by atoms with E-state index in [0.29, 0.717) is 19.0 Å². The first-order chi connectivity index (χ1) is 30.0. The Bertz CT molecular complexity index is 2690. The highest BCUT2D eigenvalue weighted by Crippen LogP contribution is 2.43. The summed E-state index contributed by atoms with van der Waals surface area (Å²) in [6.45, 7) is 17.8. The third-order valence-corrected chi connectivity index (χ3v) is 12.3. The van der Waals surface area contributed by atoms with Gasteiger partial charge in [0.05, 0.1) is 5.52 Å². The Hall–Kier alpha value is -6.52. The summed E-state index contributed by atoms with van der Waals surface area (Å²) >= 11 is 0. The highest BCUT2D eigenvalue weighted by atomic mass is 16.3. The number of anilines is 2. The zero-order valence-corrected chi connectivity index (χ0v) is 36.1. The van der Waals surface area contributed by atoms with Crippen LogP contribution >= 0.6 is 0 Å². The Morgan fingerprint density at radius 3 is 2.48 bits per heavy atom. The van der Waals surface area contributed by atoms with Crippen molar-refractivity contribution < 1.29 is 4.42 Å². The molecule has 2 atom stereocenters. The van der Waals surface area contributed by atoms with E-state index in [9.17, 15) is 0 Å². The molecule has 2 unspecified atom stereocenters. The molecule has 0 bridgehead atoms. The van der Waals surface area contributed by atoms with Gasteiger partial charge in [-0.05, 0) is 104 Å². The van der Waals surface area contributed by atoms with Crippen molar-refractivity contribution in [2.75, 3.05) is 29.4 Å². The fourth-order valence-electron chi connectivity index (χ4n) is 9.09. The van der Waals surface area contributed by atoms with Crippen molar-refractivity contribution in [1.82, 2.24) is 4.57 Å². The van der Waals surface area contributed by atoms with Gasteiger partial charge in [-0.2, -0.15) is 0 Å². The van der Waals surface area contributed by atoms with E-state index in [-0.39, 0.29) is 5.92 Å². The second kappa shape index (κ2) is 19.2. The summed E-state index contributed by atoms with van der Waals surface area (Å²) in [7, 11) is 0. The molecule has 0 spiro atoms. The van der Waals surface area contributed by atoms with Crippen molar-refractivity contribution in [2.45, 2.75) is 58.8 Å². The average Bonchev–Trinajstić information content (AvgIpc) is 3.74. The minimum atomic E-state index is 0.0199. The van der Waals surface area contributed by atoms with E-state index < -0.39 is 0 Å². The average molecular weight is 802 g/mol. The molecule has 308 valence electrons. The van der Waals surface area contributed by atoms with Crippen LogP contribution < -0.4 is 9.80 Å². The second-order valence-corrected chi connectivity index (χ2v) is 16.2. The van der Waals surface area contributed by atoms with Gasteiger partial charge in [0.2, 0.25) is 0 Å². The quantitative estimate of drug-likeness (QED) is 0.103. The maximum absolute atomic E-state index is 6.55. The number of nitrogens with zero attached hydrogens (tertiary/aromatic N) is 3. The van der Waals surface area contributed by atoms with Gasteiger partial charge in [-0.1, -0.05) is 154 Å². The van der Waals surface area contributed by atoms with Gasteiger partial charge in [0.15, 0.2) is 0 Å². The molecule has 61 heavy (non-hydrogen) atoms. The SMILES string of the molecule is C=Cc1c(C(C)c2ccccc2N(CC)C/C=C(\C=C/CC)N2C/C=C\C=C/C(=C)c3c2n(-c2ccc(CCC4C=CC=CCC4)cc2)c2ccccc32)oc2ccccc12. The first-order valence-electron chi connectivity index (χ1n) is 22.2. The van der Waals surface area contributed by atoms with E-state index in [4.69, 9.17) is 4.42 Å². The van der Waals surface area contributed by atoms with Crippen LogP contribution in [0.2, 0.25) is 0 Å². The Balaban J connectivity index is 1.19. The summed E-state index contributed by atoms with van der Waals surface area (Å²) in [5.74, 6) is 2.71. The Labute approximate surface area is 363 Å². The zero-order chi connectivity index (χ0) is 42.1. The van der Waals surface area contributed by atoms with Gasteiger partial charge >= 0.3 is 0 Å². The maximum atomic E-state index is 6.55. The van der Waals surface area contributed by atoms with E-state index in [1.54, 1.807) is 0 Å². The number of benzene rings is 4. The zero-order valence-electron chi connectivity index (χ0n) is 36.1. The molecular weight excluding hydrogens is 743 g/mol. The number of aryl methyl sites for hydroxylation is 1. The van der Waals surface area contributed by atoms with Gasteiger partial charge in [-0.15, -0.1) is 0 Å². The molecular formula is C57H59N3O. The first-order valence-corrected chi connectivity index (χ1v) is 22.2. The monoisotopic (exact) mass is 801 g/mol. The number of allylic oxidation sites excluding steroid dienone is 10. The third-order valence-electron chi connectivity index (χ3n) is 12.3. The summed E-state index contributed by atoms with van der Waals surface area (Å²) < 4.78 is 9.01. The molecule has 3 heterocycles. The largest absolute Gasteiger partial charge is 0.460 e. The molecule has 8 rings (SSSR count). The Morgan fingerprint density at radius 2 is 1.66 bits per heavy atom. The van der Waals surface area contributed by atoms with Crippen LogP contribution in [0.1, 0.15) is 80.4 Å². The third kappa shape index (κ3) is 8.72. The molecule has 0 saturated heterocycles. The van der Waals surface area contributed by atoms with Gasteiger partial charge in [-0.3, -0.25) is 4.57 Å². The van der Waals surface area contributed by atoms with Crippen molar-refractivity contribution in [3.63, 3.8) is 0 Å². The molecule has 1 aliphatic heterocycles. The molecule has 0 fully saturated rings. The lowest BCUT2D eigenvalue weighted by atomic mass is 9.93. The highest BCUT2D eigenvalue weighted by molar-refractivity contribution is 6.03. The Morgan fingerprint density at radius 1 is 0.885 bits per heavy atom. The summed E-state index contributed by atoms with van der Waals surface area (Å²) in [4.78, 5) is 4.97. The van der Waals surface area contributed by atoms with E-state index >= 15 is 0 Å². The Kier molecular flexibility index (Phi) is 13.0. The van der Waals surface area contributed by atoms with E-state index in [2.05, 4.69) is 200 Å². The number of para-hydroxylation sites is 3. The van der Waals surface area contributed by atoms with Crippen LogP contribution in [-0.2, 0) is 6.42 Å². The number of fused-ring (bicyclic) bond motifs is 4. The van der Waals surface area contributed by atoms with Crippen LogP contribution in [0.25, 0.3) is 39.2 Å². The predicted octanol–water partition coefficient (Wildman–Crippen LogP) is 14.9. The first kappa shape index (κ1) is 41.2. The van der Waals surface area contributed by atoms with Crippen LogP contribution in [0.3, 0.4) is 0 Å². The molecule has 0 radical (unpaired) electrons. The lowest BCUT2D eigenvalue weighted by molar-refractivity contribution is 0.531. The standard InChI is InChI=1S/C57H59N3O/c1-6-9-26-46(39-41-58(8-3)52-30-19-16-27-49(52)43(5)56-48(7-2)50-28-18-21-32-54(50)61-56)59-40-22-12-13-23-42(4)55-51-29-17-20-31-53(51)60(57(55)59)47-37-35-45(36-38-47)34-33-44-24-14-10-11-15-25-44/h7,9-14,16-24,26-32,35-39,43-44H,2,4,6,8,15,25,33-34,40-41H2,1,3,5H3/b22-12-,23-13-,26-9-,46-39+. The highest BCUT2D eigenvalue weighted by Gasteiger charge is 2.27. The molecule has 1 aliphatic carbocycles. The van der Waals surface area contributed by atoms with Crippen molar-refractivity contribution in [1.29, 1.82) is 0 Å². The van der Waals surface area contributed by atoms with Gasteiger partial charge in [0.1, 0.15) is 17.2 Å². The normalized spacial score (nSPS) is 17.2. The minimum absolute atomic E-state index is 0.0199. The fourth-order valence-corrected chi connectivity index (χ4v) is 9.09. The second-order valence-electron chi connectivity index (χ2n) is 16.2. The van der Waals surface area contributed by atoms with Crippen LogP contribution in [0.5, 0.6) is 0 Å². The summed E-state index contributed by atoms with van der Waals surface area (Å²) in [6.07, 6.45) is 32.2. The number of rotatable bonds is 14. The lowest BCUT2D eigenvalue weighted by Crippen LogP contribution is -2.28. The number of aromatic nitrogens is 1. The maximum Gasteiger partial charge on any atom is 0.134 e. The summed E-state index contributed by atoms with van der Waals surface area (Å²) in [5.41, 5.74) is 11.4. The van der Waals surface area contributed by atoms with Crippen LogP contribution in [0.4, 0.5) is 11.5 Å². The van der Waals surface area contributed by atoms with Crippen molar-refractivity contribution in [3.05, 3.63) is 211 Å². The van der Waals surface area contributed by atoms with Gasteiger partial charge in [-0.25, -0.2) is 0 Å². The number of hydrogen-bond acceptors (Lipinski definition) is 3. The van der Waals surface area contributed by atoms with E-state index in [1.807, 2.05) is 18.2 Å². The van der Waals surface area contributed by atoms with E-state index in [1.165, 1.54) is 34.1 Å². The smallest absolute Gasteiger partial charge is 0.134 e. The summed E-state index contributed by atoms with van der Waals surface area (Å²) in [6, 6.07) is 35.1.